The third-order valence-corrected chi connectivity index (χ3v) is 2.09. The molecular formula is C8H10N4O3. The van der Waals surface area contributed by atoms with Crippen molar-refractivity contribution in [1.82, 2.24) is 15.2 Å². The molecule has 0 amide bonds. The molecule has 1 N–H and O–H groups in total. The minimum absolute atomic E-state index is 0.471. The maximum Gasteiger partial charge on any atom is 0.274 e. The molecular weight excluding hydrogens is 200 g/mol. The molecule has 1 aromatic rings. The van der Waals surface area contributed by atoms with Gasteiger partial charge in [-0.15, -0.1) is 0 Å². The van der Waals surface area contributed by atoms with Gasteiger partial charge in [0, 0.05) is 13.1 Å². The van der Waals surface area contributed by atoms with E-state index in [1.165, 1.54) is 6.39 Å². The molecule has 1 saturated heterocycles. The van der Waals surface area contributed by atoms with Gasteiger partial charge in [0.25, 0.3) is 6.20 Å². The Balaban J connectivity index is 2.05. The summed E-state index contributed by atoms with van der Waals surface area (Å²) in [7, 11) is 0. The van der Waals surface area contributed by atoms with Crippen LogP contribution in [-0.2, 0) is 6.54 Å². The molecule has 2 rings (SSSR count). The zero-order chi connectivity index (χ0) is 10.7. The molecule has 80 valence electrons. The summed E-state index contributed by atoms with van der Waals surface area (Å²) in [5.41, 5.74) is 0. The fraction of sp³-hybridized carbons (Fsp3) is 0.375. The molecule has 0 aliphatic carbocycles. The van der Waals surface area contributed by atoms with Gasteiger partial charge in [0.2, 0.25) is 0 Å². The Labute approximate surface area is 85.5 Å². The minimum atomic E-state index is -0.471. The smallest absolute Gasteiger partial charge is 0.274 e. The molecule has 0 aromatic carbocycles. The van der Waals surface area contributed by atoms with Crippen LogP contribution in [0, 0.1) is 10.1 Å². The van der Waals surface area contributed by atoms with Crippen LogP contribution in [0.15, 0.2) is 29.0 Å². The Kier molecular flexibility index (Phi) is 2.53. The molecule has 0 radical (unpaired) electrons. The Bertz CT molecular complexity index is 373. The molecule has 0 unspecified atom stereocenters. The Hall–Kier alpha value is -2.05. The second-order valence-corrected chi connectivity index (χ2v) is 3.12. The lowest BCUT2D eigenvalue weighted by Crippen LogP contribution is -2.20. The second-order valence-electron chi connectivity index (χ2n) is 3.12. The molecule has 15 heavy (non-hydrogen) atoms. The molecule has 1 aromatic heterocycles. The monoisotopic (exact) mass is 210 g/mol. The Morgan fingerprint density at radius 1 is 1.80 bits per heavy atom. The minimum Gasteiger partial charge on any atom is -0.447 e. The van der Waals surface area contributed by atoms with Crippen molar-refractivity contribution >= 4 is 0 Å². The van der Waals surface area contributed by atoms with Crippen molar-refractivity contribution in [3.8, 4) is 0 Å². The highest BCUT2D eigenvalue weighted by molar-refractivity contribution is 5.03. The number of hydrogen-bond donors (Lipinski definition) is 1. The van der Waals surface area contributed by atoms with Crippen LogP contribution in [-0.4, -0.2) is 27.9 Å². The van der Waals surface area contributed by atoms with Gasteiger partial charge in [0.15, 0.2) is 12.2 Å². The maximum absolute atomic E-state index is 10.3. The number of oxazole rings is 1. The summed E-state index contributed by atoms with van der Waals surface area (Å²) < 4.78 is 5.07. The Morgan fingerprint density at radius 2 is 2.67 bits per heavy atom. The van der Waals surface area contributed by atoms with Gasteiger partial charge in [-0.1, -0.05) is 0 Å². The van der Waals surface area contributed by atoms with E-state index in [1.807, 2.05) is 4.90 Å². The largest absolute Gasteiger partial charge is 0.447 e. The SMILES string of the molecule is O=[N+]([O-])/C=C1\NCCN1Cc1cnco1. The number of nitro groups is 1. The van der Waals surface area contributed by atoms with Crippen molar-refractivity contribution in [2.45, 2.75) is 6.54 Å². The van der Waals surface area contributed by atoms with E-state index < -0.39 is 4.92 Å². The fourth-order valence-electron chi connectivity index (χ4n) is 1.45. The van der Waals surface area contributed by atoms with Gasteiger partial charge in [0.1, 0.15) is 5.76 Å². The molecule has 7 heteroatoms. The van der Waals surface area contributed by atoms with Gasteiger partial charge < -0.3 is 14.6 Å². The van der Waals surface area contributed by atoms with Gasteiger partial charge in [-0.2, -0.15) is 0 Å². The predicted molar refractivity (Wildman–Crippen MR) is 50.0 cm³/mol. The maximum atomic E-state index is 10.3. The highest BCUT2D eigenvalue weighted by Gasteiger charge is 2.20. The highest BCUT2D eigenvalue weighted by Crippen LogP contribution is 2.12. The molecule has 2 heterocycles. The first-order chi connectivity index (χ1) is 7.25. The van der Waals surface area contributed by atoms with E-state index in [9.17, 15) is 10.1 Å². The molecule has 0 bridgehead atoms. The van der Waals surface area contributed by atoms with Crippen LogP contribution < -0.4 is 5.32 Å². The summed E-state index contributed by atoms with van der Waals surface area (Å²) in [4.78, 5) is 15.5. The van der Waals surface area contributed by atoms with E-state index in [0.29, 0.717) is 24.7 Å². The van der Waals surface area contributed by atoms with E-state index in [1.54, 1.807) is 6.20 Å². The number of aromatic nitrogens is 1. The van der Waals surface area contributed by atoms with E-state index in [2.05, 4.69) is 10.3 Å². The van der Waals surface area contributed by atoms with E-state index in [0.717, 1.165) is 12.7 Å². The lowest BCUT2D eigenvalue weighted by molar-refractivity contribution is -0.404. The van der Waals surface area contributed by atoms with Crippen LogP contribution >= 0.6 is 0 Å². The third-order valence-electron chi connectivity index (χ3n) is 2.09. The normalized spacial score (nSPS) is 18.1. The van der Waals surface area contributed by atoms with Gasteiger partial charge in [-0.25, -0.2) is 4.98 Å². The third kappa shape index (κ3) is 2.25. The molecule has 0 spiro atoms. The average Bonchev–Trinajstić information content (AvgIpc) is 2.78. The number of hydrogen-bond acceptors (Lipinski definition) is 6. The molecule has 1 aliphatic rings. The van der Waals surface area contributed by atoms with Crippen molar-refractivity contribution in [3.63, 3.8) is 0 Å². The van der Waals surface area contributed by atoms with Crippen LogP contribution in [0.1, 0.15) is 5.76 Å². The van der Waals surface area contributed by atoms with Crippen molar-refractivity contribution < 1.29 is 9.34 Å². The van der Waals surface area contributed by atoms with E-state index in [4.69, 9.17) is 4.42 Å². The second kappa shape index (κ2) is 3.99. The van der Waals surface area contributed by atoms with Crippen molar-refractivity contribution in [2.75, 3.05) is 13.1 Å². The summed E-state index contributed by atoms with van der Waals surface area (Å²) in [5.74, 6) is 1.20. The van der Waals surface area contributed by atoms with Crippen LogP contribution in [0.3, 0.4) is 0 Å². The van der Waals surface area contributed by atoms with Crippen molar-refractivity contribution in [1.29, 1.82) is 0 Å². The molecule has 1 fully saturated rings. The van der Waals surface area contributed by atoms with E-state index >= 15 is 0 Å². The summed E-state index contributed by atoms with van der Waals surface area (Å²) in [6.07, 6.45) is 3.90. The lowest BCUT2D eigenvalue weighted by Gasteiger charge is -2.14. The van der Waals surface area contributed by atoms with Crippen LogP contribution in [0.25, 0.3) is 0 Å². The van der Waals surface area contributed by atoms with Gasteiger partial charge in [-0.05, 0) is 0 Å². The van der Waals surface area contributed by atoms with E-state index in [-0.39, 0.29) is 0 Å². The molecule has 0 atom stereocenters. The number of nitrogens with one attached hydrogen (secondary N) is 1. The first-order valence-electron chi connectivity index (χ1n) is 4.47. The van der Waals surface area contributed by atoms with Gasteiger partial charge >= 0.3 is 0 Å². The number of nitrogens with zero attached hydrogens (tertiary/aromatic N) is 3. The number of rotatable bonds is 3. The molecule has 7 nitrogen and oxygen atoms in total. The molecule has 0 saturated carbocycles. The average molecular weight is 210 g/mol. The first-order valence-corrected chi connectivity index (χ1v) is 4.47. The summed E-state index contributed by atoms with van der Waals surface area (Å²) >= 11 is 0. The zero-order valence-corrected chi connectivity index (χ0v) is 7.92. The summed E-state index contributed by atoms with van der Waals surface area (Å²) in [6.45, 7) is 1.92. The van der Waals surface area contributed by atoms with Crippen LogP contribution in [0.2, 0.25) is 0 Å². The Morgan fingerprint density at radius 3 is 3.33 bits per heavy atom. The van der Waals surface area contributed by atoms with Crippen molar-refractivity contribution in [2.24, 2.45) is 0 Å². The standard InChI is InChI=1S/C8H10N4O3/c13-12(14)5-8-10-1-2-11(8)4-7-3-9-6-15-7/h3,5-6,10H,1-2,4H2/b8-5+. The van der Waals surface area contributed by atoms with Crippen LogP contribution in [0.5, 0.6) is 0 Å². The van der Waals surface area contributed by atoms with Gasteiger partial charge in [-0.3, -0.25) is 10.1 Å². The van der Waals surface area contributed by atoms with Crippen LogP contribution in [0.4, 0.5) is 0 Å². The fourth-order valence-corrected chi connectivity index (χ4v) is 1.45. The topological polar surface area (TPSA) is 84.4 Å². The predicted octanol–water partition coefficient (Wildman–Crippen LogP) is 0.155. The summed E-state index contributed by atoms with van der Waals surface area (Å²) in [6, 6.07) is 0. The quantitative estimate of drug-likeness (QED) is 0.565. The lowest BCUT2D eigenvalue weighted by atomic mass is 10.4. The summed E-state index contributed by atoms with van der Waals surface area (Å²) in [5, 5.41) is 13.3. The van der Waals surface area contributed by atoms with Crippen molar-refractivity contribution in [3.05, 3.63) is 40.5 Å². The first kappa shape index (κ1) is 9.50. The molecule has 1 aliphatic heterocycles. The van der Waals surface area contributed by atoms with Gasteiger partial charge in [0.05, 0.1) is 17.7 Å². The highest BCUT2D eigenvalue weighted by atomic mass is 16.6. The zero-order valence-electron chi connectivity index (χ0n) is 7.92.